The van der Waals surface area contributed by atoms with E-state index in [1.165, 1.54) is 29.2 Å². The third kappa shape index (κ3) is 6.30. The van der Waals surface area contributed by atoms with E-state index in [4.69, 9.17) is 4.74 Å². The van der Waals surface area contributed by atoms with Gasteiger partial charge in [0.15, 0.2) is 6.61 Å². The molecule has 1 aliphatic heterocycles. The van der Waals surface area contributed by atoms with Crippen molar-refractivity contribution in [1.29, 1.82) is 0 Å². The van der Waals surface area contributed by atoms with E-state index in [1.807, 2.05) is 0 Å². The highest BCUT2D eigenvalue weighted by atomic mass is 19.4. The van der Waals surface area contributed by atoms with Gasteiger partial charge in [0.05, 0.1) is 4.92 Å². The Balaban J connectivity index is 1.85. The largest absolute Gasteiger partial charge is 0.454 e. The molecule has 1 amide bonds. The molecule has 1 aliphatic rings. The third-order valence-corrected chi connectivity index (χ3v) is 3.97. The van der Waals surface area contributed by atoms with Crippen LogP contribution in [0.5, 0.6) is 0 Å². The number of benzene rings is 1. The van der Waals surface area contributed by atoms with E-state index >= 15 is 0 Å². The molecule has 1 fully saturated rings. The van der Waals surface area contributed by atoms with Gasteiger partial charge in [-0.15, -0.1) is 0 Å². The van der Waals surface area contributed by atoms with Gasteiger partial charge >= 0.3 is 12.1 Å². The van der Waals surface area contributed by atoms with Crippen molar-refractivity contribution in [2.24, 2.45) is 0 Å². The molecule has 1 heterocycles. The summed E-state index contributed by atoms with van der Waals surface area (Å²) in [7, 11) is 0. The zero-order valence-corrected chi connectivity index (χ0v) is 14.8. The van der Waals surface area contributed by atoms with Gasteiger partial charge in [-0.2, -0.15) is 13.2 Å². The Hall–Kier alpha value is -3.44. The molecule has 2 rings (SSSR count). The molecule has 1 aromatic rings. The van der Waals surface area contributed by atoms with Crippen LogP contribution < -0.4 is 5.32 Å². The van der Waals surface area contributed by atoms with Crippen molar-refractivity contribution in [2.75, 3.05) is 18.5 Å². The SMILES string of the molecule is O=C(COC(=O)[C@@H]1CCCN1/C=C/C(=O)C(F)(F)F)Nc1ccc([N+](=O)[O-])cc1. The Kier molecular flexibility index (Phi) is 6.91. The fourth-order valence-electron chi connectivity index (χ4n) is 2.57. The maximum Gasteiger partial charge on any atom is 0.454 e. The summed E-state index contributed by atoms with van der Waals surface area (Å²) in [5.74, 6) is -3.55. The molecule has 0 spiro atoms. The van der Waals surface area contributed by atoms with E-state index < -0.39 is 41.4 Å². The van der Waals surface area contributed by atoms with Crippen molar-refractivity contribution in [3.05, 3.63) is 46.7 Å². The molecule has 0 radical (unpaired) electrons. The summed E-state index contributed by atoms with van der Waals surface area (Å²) in [5.41, 5.74) is 0.0977. The maximum absolute atomic E-state index is 12.2. The van der Waals surface area contributed by atoms with Crippen molar-refractivity contribution < 1.29 is 37.2 Å². The van der Waals surface area contributed by atoms with Crippen LogP contribution >= 0.6 is 0 Å². The molecule has 0 bridgehead atoms. The average Bonchev–Trinajstić information content (AvgIpc) is 3.12. The number of nitro groups is 1. The minimum Gasteiger partial charge on any atom is -0.454 e. The quantitative estimate of drug-likeness (QED) is 0.314. The molecule has 0 saturated carbocycles. The van der Waals surface area contributed by atoms with E-state index in [0.717, 1.165) is 6.20 Å². The molecule has 1 atom stereocenters. The van der Waals surface area contributed by atoms with Gasteiger partial charge in [0.2, 0.25) is 0 Å². The van der Waals surface area contributed by atoms with Gasteiger partial charge < -0.3 is 15.0 Å². The van der Waals surface area contributed by atoms with Crippen LogP contribution in [0.25, 0.3) is 0 Å². The van der Waals surface area contributed by atoms with Crippen molar-refractivity contribution in [3.63, 3.8) is 0 Å². The molecule has 156 valence electrons. The summed E-state index contributed by atoms with van der Waals surface area (Å²) in [6.07, 6.45) is -2.96. The summed E-state index contributed by atoms with van der Waals surface area (Å²) in [5, 5.41) is 13.0. The van der Waals surface area contributed by atoms with Crippen LogP contribution in [-0.4, -0.2) is 52.9 Å². The van der Waals surface area contributed by atoms with Gasteiger partial charge in [0.25, 0.3) is 17.4 Å². The molecule has 0 aliphatic carbocycles. The van der Waals surface area contributed by atoms with Crippen LogP contribution in [0, 0.1) is 10.1 Å². The lowest BCUT2D eigenvalue weighted by Gasteiger charge is -2.21. The van der Waals surface area contributed by atoms with Crippen LogP contribution in [0.15, 0.2) is 36.5 Å². The summed E-state index contributed by atoms with van der Waals surface area (Å²) in [4.78, 5) is 46.1. The summed E-state index contributed by atoms with van der Waals surface area (Å²) >= 11 is 0. The third-order valence-electron chi connectivity index (χ3n) is 3.97. The molecular weight excluding hydrogens is 399 g/mol. The second-order valence-electron chi connectivity index (χ2n) is 6.03. The van der Waals surface area contributed by atoms with E-state index in [2.05, 4.69) is 5.32 Å². The summed E-state index contributed by atoms with van der Waals surface area (Å²) in [6, 6.07) is 4.08. The maximum atomic E-state index is 12.2. The van der Waals surface area contributed by atoms with Gasteiger partial charge in [0, 0.05) is 36.6 Å². The highest BCUT2D eigenvalue weighted by molar-refractivity contribution is 5.94. The number of allylic oxidation sites excluding steroid dienone is 1. The number of ether oxygens (including phenoxy) is 1. The van der Waals surface area contributed by atoms with Crippen LogP contribution in [0.1, 0.15) is 12.8 Å². The number of nitrogens with one attached hydrogen (secondary N) is 1. The number of hydrogen-bond acceptors (Lipinski definition) is 7. The first kappa shape index (κ1) is 21.9. The van der Waals surface area contributed by atoms with E-state index in [-0.39, 0.29) is 17.9 Å². The van der Waals surface area contributed by atoms with Crippen molar-refractivity contribution in [2.45, 2.75) is 25.1 Å². The molecule has 12 heteroatoms. The first-order valence-corrected chi connectivity index (χ1v) is 8.34. The lowest BCUT2D eigenvalue weighted by atomic mass is 10.2. The number of anilines is 1. The highest BCUT2D eigenvalue weighted by Crippen LogP contribution is 2.21. The number of amides is 1. The number of alkyl halides is 3. The molecule has 29 heavy (non-hydrogen) atoms. The lowest BCUT2D eigenvalue weighted by molar-refractivity contribution is -0.384. The predicted octanol–water partition coefficient (Wildman–Crippen LogP) is 2.19. The second-order valence-corrected chi connectivity index (χ2v) is 6.03. The van der Waals surface area contributed by atoms with Crippen LogP contribution in [0.3, 0.4) is 0 Å². The number of ketones is 1. The number of hydrogen-bond donors (Lipinski definition) is 1. The minimum atomic E-state index is -5.00. The number of esters is 1. The average molecular weight is 415 g/mol. The van der Waals surface area contributed by atoms with Crippen molar-refractivity contribution in [3.8, 4) is 0 Å². The van der Waals surface area contributed by atoms with Crippen molar-refractivity contribution >= 4 is 29.0 Å². The number of likely N-dealkylation sites (tertiary alicyclic amines) is 1. The number of halogens is 3. The Morgan fingerprint density at radius 2 is 1.93 bits per heavy atom. The normalized spacial score (nSPS) is 16.7. The number of carbonyl (C=O) groups excluding carboxylic acids is 3. The van der Waals surface area contributed by atoms with Crippen LogP contribution in [0.4, 0.5) is 24.5 Å². The number of nitro benzene ring substituents is 1. The molecule has 1 aromatic carbocycles. The first-order chi connectivity index (χ1) is 13.6. The zero-order chi connectivity index (χ0) is 21.6. The molecular formula is C17H16F3N3O6. The molecule has 1 N–H and O–H groups in total. The standard InChI is InChI=1S/C17H16F3N3O6/c18-17(19,20)14(24)7-9-22-8-1-2-13(22)16(26)29-10-15(25)21-11-3-5-12(6-4-11)23(27)28/h3-7,9,13H,1-2,8,10H2,(H,21,25)/b9-7+/t13-/m0/s1. The number of carbonyl (C=O) groups is 3. The smallest absolute Gasteiger partial charge is 0.454 e. The Bertz CT molecular complexity index is 823. The highest BCUT2D eigenvalue weighted by Gasteiger charge is 2.37. The number of nitrogens with zero attached hydrogens (tertiary/aromatic N) is 2. The Labute approximate surface area is 162 Å². The zero-order valence-electron chi connectivity index (χ0n) is 14.8. The van der Waals surface area contributed by atoms with Gasteiger partial charge in [-0.25, -0.2) is 4.79 Å². The van der Waals surface area contributed by atoms with Gasteiger partial charge in [-0.1, -0.05) is 0 Å². The second kappa shape index (κ2) is 9.17. The Morgan fingerprint density at radius 1 is 1.28 bits per heavy atom. The first-order valence-electron chi connectivity index (χ1n) is 8.34. The van der Waals surface area contributed by atoms with E-state index in [9.17, 15) is 37.7 Å². The van der Waals surface area contributed by atoms with E-state index in [0.29, 0.717) is 18.9 Å². The van der Waals surface area contributed by atoms with Crippen LogP contribution in [-0.2, 0) is 19.1 Å². The number of rotatable bonds is 7. The molecule has 9 nitrogen and oxygen atoms in total. The number of non-ortho nitro benzene ring substituents is 1. The lowest BCUT2D eigenvalue weighted by Crippen LogP contribution is -2.35. The summed E-state index contributed by atoms with van der Waals surface area (Å²) < 4.78 is 41.6. The topological polar surface area (TPSA) is 119 Å². The van der Waals surface area contributed by atoms with Crippen molar-refractivity contribution in [1.82, 2.24) is 4.90 Å². The fourth-order valence-corrected chi connectivity index (χ4v) is 2.57. The van der Waals surface area contributed by atoms with Crippen LogP contribution in [0.2, 0.25) is 0 Å². The Morgan fingerprint density at radius 3 is 2.52 bits per heavy atom. The van der Waals surface area contributed by atoms with Gasteiger partial charge in [-0.05, 0) is 25.0 Å². The molecule has 1 saturated heterocycles. The van der Waals surface area contributed by atoms with Gasteiger partial charge in [0.1, 0.15) is 6.04 Å². The summed E-state index contributed by atoms with van der Waals surface area (Å²) in [6.45, 7) is -0.387. The minimum absolute atomic E-state index is 0.159. The molecule has 0 aromatic heterocycles. The van der Waals surface area contributed by atoms with Gasteiger partial charge in [-0.3, -0.25) is 19.7 Å². The fraction of sp³-hybridized carbons (Fsp3) is 0.353. The van der Waals surface area contributed by atoms with E-state index in [1.54, 1.807) is 0 Å². The monoisotopic (exact) mass is 415 g/mol. The predicted molar refractivity (Wildman–Crippen MR) is 92.6 cm³/mol. The molecule has 0 unspecified atom stereocenters.